The lowest BCUT2D eigenvalue weighted by Gasteiger charge is -2.17. The zero-order chi connectivity index (χ0) is 17.5. The fourth-order valence-electron chi connectivity index (χ4n) is 1.97. The quantitative estimate of drug-likeness (QED) is 0.762. The van der Waals surface area contributed by atoms with Crippen molar-refractivity contribution in [1.82, 2.24) is 10.3 Å². The number of carbonyl (C=O) groups excluding carboxylic acids is 1. The van der Waals surface area contributed by atoms with Gasteiger partial charge in [0.1, 0.15) is 10.8 Å². The van der Waals surface area contributed by atoms with E-state index in [1.165, 1.54) is 0 Å². The van der Waals surface area contributed by atoms with Crippen molar-refractivity contribution in [3.05, 3.63) is 35.3 Å². The van der Waals surface area contributed by atoms with Crippen LogP contribution in [0.1, 0.15) is 26.5 Å². The molecule has 1 unspecified atom stereocenters. The summed E-state index contributed by atoms with van der Waals surface area (Å²) in [5.41, 5.74) is 2.06. The van der Waals surface area contributed by atoms with E-state index < -0.39 is 0 Å². The van der Waals surface area contributed by atoms with E-state index in [1.54, 1.807) is 30.2 Å². The monoisotopic (exact) mass is 364 g/mol. The number of nitrogens with one attached hydrogen (secondary N) is 1. The summed E-state index contributed by atoms with van der Waals surface area (Å²) in [4.78, 5) is 16.5. The van der Waals surface area contributed by atoms with Gasteiger partial charge in [0.25, 0.3) is 0 Å². The van der Waals surface area contributed by atoms with Gasteiger partial charge in [-0.25, -0.2) is 4.98 Å². The van der Waals surface area contributed by atoms with Crippen LogP contribution in [-0.2, 0) is 10.5 Å². The molecule has 0 radical (unpaired) electrons. The lowest BCUT2D eigenvalue weighted by atomic mass is 10.1. The minimum atomic E-state index is 0.0875. The Morgan fingerprint density at radius 1 is 1.38 bits per heavy atom. The topological polar surface area (TPSA) is 51.2 Å². The molecule has 0 bridgehead atoms. The molecule has 1 amide bonds. The Balaban J connectivity index is 1.84. The average Bonchev–Trinajstić information content (AvgIpc) is 3.03. The summed E-state index contributed by atoms with van der Waals surface area (Å²) >= 11 is 3.21. The van der Waals surface area contributed by atoms with Crippen LogP contribution in [-0.4, -0.2) is 29.8 Å². The Morgan fingerprint density at radius 3 is 2.88 bits per heavy atom. The van der Waals surface area contributed by atoms with Crippen LogP contribution in [0.25, 0.3) is 10.6 Å². The summed E-state index contributed by atoms with van der Waals surface area (Å²) in [5, 5.41) is 6.04. The smallest absolute Gasteiger partial charge is 0.230 e. The highest BCUT2D eigenvalue weighted by Gasteiger charge is 2.11. The zero-order valence-corrected chi connectivity index (χ0v) is 16.2. The molecule has 6 heteroatoms. The first-order valence-corrected chi connectivity index (χ1v) is 9.99. The highest BCUT2D eigenvalue weighted by Crippen LogP contribution is 2.28. The van der Waals surface area contributed by atoms with Crippen LogP contribution < -0.4 is 10.1 Å². The second kappa shape index (κ2) is 9.08. The first-order valence-electron chi connectivity index (χ1n) is 7.95. The van der Waals surface area contributed by atoms with Crippen LogP contribution in [0.4, 0.5) is 0 Å². The van der Waals surface area contributed by atoms with E-state index in [9.17, 15) is 4.79 Å². The molecule has 1 atom stereocenters. The van der Waals surface area contributed by atoms with Gasteiger partial charge in [0.2, 0.25) is 5.91 Å². The molecule has 1 aromatic carbocycles. The molecule has 24 heavy (non-hydrogen) atoms. The number of thioether (sulfide) groups is 1. The van der Waals surface area contributed by atoms with Crippen molar-refractivity contribution < 1.29 is 9.53 Å². The molecule has 2 aromatic rings. The van der Waals surface area contributed by atoms with Crippen molar-refractivity contribution in [3.8, 4) is 16.3 Å². The molecular weight excluding hydrogens is 340 g/mol. The zero-order valence-electron chi connectivity index (χ0n) is 14.5. The van der Waals surface area contributed by atoms with Gasteiger partial charge in [0.05, 0.1) is 18.6 Å². The van der Waals surface area contributed by atoms with Crippen LogP contribution in [0.2, 0.25) is 0 Å². The first-order chi connectivity index (χ1) is 11.5. The summed E-state index contributed by atoms with van der Waals surface area (Å²) in [5.74, 6) is 2.56. The van der Waals surface area contributed by atoms with Gasteiger partial charge in [-0.3, -0.25) is 4.79 Å². The SMILES string of the molecule is COc1cccc(-c2nc(CSCC(=O)NC(C)C(C)C)cs2)c1. The van der Waals surface area contributed by atoms with Crippen molar-refractivity contribution in [2.75, 3.05) is 12.9 Å². The molecule has 0 spiro atoms. The van der Waals surface area contributed by atoms with E-state index in [4.69, 9.17) is 4.74 Å². The van der Waals surface area contributed by atoms with E-state index in [0.717, 1.165) is 27.8 Å². The maximum absolute atomic E-state index is 11.9. The molecular formula is C18H24N2O2S2. The van der Waals surface area contributed by atoms with Crippen molar-refractivity contribution in [3.63, 3.8) is 0 Å². The van der Waals surface area contributed by atoms with Gasteiger partial charge in [0.15, 0.2) is 0 Å². The fourth-order valence-corrected chi connectivity index (χ4v) is 3.62. The van der Waals surface area contributed by atoms with Crippen LogP contribution in [0.5, 0.6) is 5.75 Å². The highest BCUT2D eigenvalue weighted by atomic mass is 32.2. The fraction of sp³-hybridized carbons (Fsp3) is 0.444. The third-order valence-corrected chi connectivity index (χ3v) is 5.65. The van der Waals surface area contributed by atoms with Gasteiger partial charge >= 0.3 is 0 Å². The first kappa shape index (κ1) is 18.8. The maximum Gasteiger partial charge on any atom is 0.230 e. The molecule has 1 heterocycles. The maximum atomic E-state index is 11.9. The van der Waals surface area contributed by atoms with E-state index in [0.29, 0.717) is 11.7 Å². The van der Waals surface area contributed by atoms with Crippen molar-refractivity contribution in [1.29, 1.82) is 0 Å². The van der Waals surface area contributed by atoms with Gasteiger partial charge in [-0.05, 0) is 25.0 Å². The second-order valence-electron chi connectivity index (χ2n) is 5.97. The number of benzene rings is 1. The molecule has 0 aliphatic carbocycles. The summed E-state index contributed by atoms with van der Waals surface area (Å²) < 4.78 is 5.25. The molecule has 2 rings (SSSR count). The van der Waals surface area contributed by atoms with Crippen molar-refractivity contribution in [2.24, 2.45) is 5.92 Å². The number of hydrogen-bond acceptors (Lipinski definition) is 5. The second-order valence-corrected chi connectivity index (χ2v) is 7.81. The largest absolute Gasteiger partial charge is 0.497 e. The van der Waals surface area contributed by atoms with Crippen LogP contribution in [0.15, 0.2) is 29.6 Å². The molecule has 0 fully saturated rings. The summed E-state index contributed by atoms with van der Waals surface area (Å²) in [6.07, 6.45) is 0. The Kier molecular flexibility index (Phi) is 7.12. The number of nitrogens with zero attached hydrogens (tertiary/aromatic N) is 1. The van der Waals surface area contributed by atoms with Gasteiger partial charge in [-0.1, -0.05) is 26.0 Å². The van der Waals surface area contributed by atoms with Gasteiger partial charge < -0.3 is 10.1 Å². The minimum Gasteiger partial charge on any atom is -0.497 e. The van der Waals surface area contributed by atoms with E-state index in [1.807, 2.05) is 31.2 Å². The molecule has 0 saturated carbocycles. The molecule has 1 N–H and O–H groups in total. The lowest BCUT2D eigenvalue weighted by molar-refractivity contribution is -0.119. The summed E-state index contributed by atoms with van der Waals surface area (Å²) in [6.45, 7) is 6.25. The van der Waals surface area contributed by atoms with Gasteiger partial charge in [-0.2, -0.15) is 0 Å². The average molecular weight is 365 g/mol. The van der Waals surface area contributed by atoms with E-state index in [2.05, 4.69) is 29.5 Å². The van der Waals surface area contributed by atoms with Crippen LogP contribution in [0.3, 0.4) is 0 Å². The normalized spacial score (nSPS) is 12.2. The third kappa shape index (κ3) is 5.53. The summed E-state index contributed by atoms with van der Waals surface area (Å²) in [6, 6.07) is 8.10. The number of ether oxygens (including phenoxy) is 1. The predicted molar refractivity (Wildman–Crippen MR) is 103 cm³/mol. The van der Waals surface area contributed by atoms with Gasteiger partial charge in [0, 0.05) is 22.7 Å². The number of methoxy groups -OCH3 is 1. The number of rotatable bonds is 8. The molecule has 4 nitrogen and oxygen atoms in total. The molecule has 1 aromatic heterocycles. The lowest BCUT2D eigenvalue weighted by Crippen LogP contribution is -2.37. The van der Waals surface area contributed by atoms with Crippen molar-refractivity contribution >= 4 is 29.0 Å². The van der Waals surface area contributed by atoms with Crippen LogP contribution >= 0.6 is 23.1 Å². The number of thiazole rings is 1. The Bertz CT molecular complexity index is 671. The number of amides is 1. The predicted octanol–water partition coefficient (Wildman–Crippen LogP) is 4.21. The van der Waals surface area contributed by atoms with Crippen LogP contribution in [0, 0.1) is 5.92 Å². The highest BCUT2D eigenvalue weighted by molar-refractivity contribution is 7.99. The molecule has 130 valence electrons. The number of hydrogen-bond donors (Lipinski definition) is 1. The molecule has 0 aliphatic rings. The Hall–Kier alpha value is -1.53. The minimum absolute atomic E-state index is 0.0875. The standard InChI is InChI=1S/C18H24N2O2S2/c1-12(2)13(3)19-17(21)11-23-9-15-10-24-18(20-15)14-6-5-7-16(8-14)22-4/h5-8,10,12-13H,9,11H2,1-4H3,(H,19,21). The molecule has 0 aliphatic heterocycles. The van der Waals surface area contributed by atoms with E-state index in [-0.39, 0.29) is 11.9 Å². The van der Waals surface area contributed by atoms with E-state index >= 15 is 0 Å². The van der Waals surface area contributed by atoms with Gasteiger partial charge in [-0.15, -0.1) is 23.1 Å². The molecule has 0 saturated heterocycles. The Labute approximate surface area is 152 Å². The number of aromatic nitrogens is 1. The Morgan fingerprint density at radius 2 is 2.17 bits per heavy atom. The summed E-state index contributed by atoms with van der Waals surface area (Å²) in [7, 11) is 1.66. The van der Waals surface area contributed by atoms with Crippen molar-refractivity contribution in [2.45, 2.75) is 32.6 Å². The number of carbonyl (C=O) groups is 1. The third-order valence-electron chi connectivity index (χ3n) is 3.74.